The number of benzene rings is 2. The molecule has 2 rings (SSSR count). The van der Waals surface area contributed by atoms with E-state index in [2.05, 4.69) is 4.74 Å². The Labute approximate surface area is 105 Å². The standard InChI is InChI=1S/C13H8F4O2/c14-12-7-9(18)4-5-11(12)8-2-1-3-10(6-8)19-13(15,16)17/h1-7,18H. The summed E-state index contributed by atoms with van der Waals surface area (Å²) in [6.07, 6.45) is -4.80. The second kappa shape index (κ2) is 4.79. The maximum absolute atomic E-state index is 13.6. The van der Waals surface area contributed by atoms with Gasteiger partial charge in [0, 0.05) is 11.6 Å². The SMILES string of the molecule is Oc1ccc(-c2cccc(OC(F)(F)F)c2)c(F)c1. The van der Waals surface area contributed by atoms with Crippen molar-refractivity contribution in [2.24, 2.45) is 0 Å². The Kier molecular flexibility index (Phi) is 3.33. The number of hydrogen-bond donors (Lipinski definition) is 1. The lowest BCUT2D eigenvalue weighted by atomic mass is 10.0. The van der Waals surface area contributed by atoms with E-state index in [1.165, 1.54) is 24.3 Å². The highest BCUT2D eigenvalue weighted by molar-refractivity contribution is 5.66. The molecule has 0 fully saturated rings. The molecule has 0 saturated carbocycles. The van der Waals surface area contributed by atoms with Crippen LogP contribution < -0.4 is 4.74 Å². The first-order chi connectivity index (χ1) is 8.85. The summed E-state index contributed by atoms with van der Waals surface area (Å²) in [5.41, 5.74) is 0.296. The lowest BCUT2D eigenvalue weighted by Gasteiger charge is -2.10. The molecule has 0 atom stereocenters. The number of ether oxygens (including phenoxy) is 1. The van der Waals surface area contributed by atoms with Crippen molar-refractivity contribution in [1.29, 1.82) is 0 Å². The molecule has 0 heterocycles. The monoisotopic (exact) mass is 272 g/mol. The van der Waals surface area contributed by atoms with E-state index in [9.17, 15) is 17.6 Å². The molecule has 0 radical (unpaired) electrons. The van der Waals surface area contributed by atoms with Gasteiger partial charge in [-0.25, -0.2) is 4.39 Å². The average molecular weight is 272 g/mol. The van der Waals surface area contributed by atoms with Crippen molar-refractivity contribution in [2.45, 2.75) is 6.36 Å². The normalized spacial score (nSPS) is 11.4. The van der Waals surface area contributed by atoms with Gasteiger partial charge in [-0.05, 0) is 29.8 Å². The molecule has 0 aliphatic rings. The van der Waals surface area contributed by atoms with Gasteiger partial charge in [0.15, 0.2) is 0 Å². The lowest BCUT2D eigenvalue weighted by molar-refractivity contribution is -0.274. The van der Waals surface area contributed by atoms with Gasteiger partial charge in [0.25, 0.3) is 0 Å². The second-order valence-corrected chi connectivity index (χ2v) is 3.74. The van der Waals surface area contributed by atoms with Crippen LogP contribution in [0.25, 0.3) is 11.1 Å². The van der Waals surface area contributed by atoms with Crippen LogP contribution in [-0.4, -0.2) is 11.5 Å². The third-order valence-corrected chi connectivity index (χ3v) is 2.33. The Morgan fingerprint density at radius 3 is 2.37 bits per heavy atom. The first-order valence-corrected chi connectivity index (χ1v) is 5.20. The topological polar surface area (TPSA) is 29.5 Å². The lowest BCUT2D eigenvalue weighted by Crippen LogP contribution is -2.17. The Balaban J connectivity index is 2.38. The molecule has 0 aromatic heterocycles. The predicted octanol–water partition coefficient (Wildman–Crippen LogP) is 4.10. The van der Waals surface area contributed by atoms with Gasteiger partial charge in [0.1, 0.15) is 17.3 Å². The first-order valence-electron chi connectivity index (χ1n) is 5.20. The van der Waals surface area contributed by atoms with E-state index in [0.717, 1.165) is 18.2 Å². The van der Waals surface area contributed by atoms with Crippen LogP contribution in [-0.2, 0) is 0 Å². The fourth-order valence-corrected chi connectivity index (χ4v) is 1.60. The van der Waals surface area contributed by atoms with Gasteiger partial charge in [-0.3, -0.25) is 0 Å². The van der Waals surface area contributed by atoms with Gasteiger partial charge < -0.3 is 9.84 Å². The van der Waals surface area contributed by atoms with Crippen LogP contribution in [0.2, 0.25) is 0 Å². The van der Waals surface area contributed by atoms with Crippen LogP contribution >= 0.6 is 0 Å². The zero-order valence-corrected chi connectivity index (χ0v) is 9.41. The van der Waals surface area contributed by atoms with Crippen LogP contribution in [0.5, 0.6) is 11.5 Å². The molecule has 0 aliphatic heterocycles. The van der Waals surface area contributed by atoms with E-state index in [1.54, 1.807) is 0 Å². The largest absolute Gasteiger partial charge is 0.573 e. The van der Waals surface area contributed by atoms with Gasteiger partial charge in [0.2, 0.25) is 0 Å². The highest BCUT2D eigenvalue weighted by atomic mass is 19.4. The Hall–Kier alpha value is -2.24. The zero-order valence-electron chi connectivity index (χ0n) is 9.41. The van der Waals surface area contributed by atoms with E-state index in [-0.39, 0.29) is 16.9 Å². The van der Waals surface area contributed by atoms with Crippen molar-refractivity contribution in [2.75, 3.05) is 0 Å². The quantitative estimate of drug-likeness (QED) is 0.834. The third-order valence-electron chi connectivity index (χ3n) is 2.33. The summed E-state index contributed by atoms with van der Waals surface area (Å²) in [4.78, 5) is 0. The molecule has 19 heavy (non-hydrogen) atoms. The van der Waals surface area contributed by atoms with Gasteiger partial charge in [-0.1, -0.05) is 12.1 Å². The van der Waals surface area contributed by atoms with Crippen LogP contribution in [0, 0.1) is 5.82 Å². The minimum Gasteiger partial charge on any atom is -0.508 e. The van der Waals surface area contributed by atoms with Gasteiger partial charge in [-0.2, -0.15) is 0 Å². The summed E-state index contributed by atoms with van der Waals surface area (Å²) in [5, 5.41) is 9.08. The number of phenolic OH excluding ortho intramolecular Hbond substituents is 1. The van der Waals surface area contributed by atoms with Crippen LogP contribution in [0.3, 0.4) is 0 Å². The summed E-state index contributed by atoms with van der Waals surface area (Å²) in [7, 11) is 0. The molecule has 0 unspecified atom stereocenters. The number of hydrogen-bond acceptors (Lipinski definition) is 2. The van der Waals surface area contributed by atoms with Gasteiger partial charge >= 0.3 is 6.36 Å². The number of alkyl halides is 3. The second-order valence-electron chi connectivity index (χ2n) is 3.74. The number of halogens is 4. The Morgan fingerprint density at radius 2 is 1.74 bits per heavy atom. The van der Waals surface area contributed by atoms with Crippen molar-refractivity contribution >= 4 is 0 Å². The fourth-order valence-electron chi connectivity index (χ4n) is 1.60. The van der Waals surface area contributed by atoms with Gasteiger partial charge in [0.05, 0.1) is 0 Å². The summed E-state index contributed by atoms with van der Waals surface area (Å²) < 4.78 is 53.6. The van der Waals surface area contributed by atoms with Crippen molar-refractivity contribution < 1.29 is 27.4 Å². The highest BCUT2D eigenvalue weighted by Crippen LogP contribution is 2.30. The van der Waals surface area contributed by atoms with E-state index in [4.69, 9.17) is 5.11 Å². The van der Waals surface area contributed by atoms with Crippen molar-refractivity contribution in [3.8, 4) is 22.6 Å². The molecule has 0 amide bonds. The molecule has 2 aromatic carbocycles. The molecule has 2 aromatic rings. The number of phenols is 1. The molecule has 0 saturated heterocycles. The molecule has 6 heteroatoms. The molecular formula is C13H8F4O2. The van der Waals surface area contributed by atoms with E-state index in [0.29, 0.717) is 0 Å². The number of aromatic hydroxyl groups is 1. The summed E-state index contributed by atoms with van der Waals surface area (Å²) in [5.74, 6) is -1.43. The maximum atomic E-state index is 13.6. The minimum absolute atomic E-state index is 0.0745. The van der Waals surface area contributed by atoms with Crippen LogP contribution in [0.15, 0.2) is 42.5 Å². The van der Waals surface area contributed by atoms with E-state index >= 15 is 0 Å². The molecule has 2 nitrogen and oxygen atoms in total. The van der Waals surface area contributed by atoms with Crippen LogP contribution in [0.4, 0.5) is 17.6 Å². The van der Waals surface area contributed by atoms with E-state index < -0.39 is 17.9 Å². The van der Waals surface area contributed by atoms with Crippen LogP contribution in [0.1, 0.15) is 0 Å². The summed E-state index contributed by atoms with van der Waals surface area (Å²) >= 11 is 0. The summed E-state index contributed by atoms with van der Waals surface area (Å²) in [6, 6.07) is 8.36. The molecule has 100 valence electrons. The predicted molar refractivity (Wildman–Crippen MR) is 60.2 cm³/mol. The molecule has 0 spiro atoms. The number of rotatable bonds is 2. The molecule has 0 aliphatic carbocycles. The van der Waals surface area contributed by atoms with Crippen molar-refractivity contribution in [1.82, 2.24) is 0 Å². The molecule has 0 bridgehead atoms. The molecular weight excluding hydrogens is 264 g/mol. The maximum Gasteiger partial charge on any atom is 0.573 e. The first kappa shape index (κ1) is 13.2. The van der Waals surface area contributed by atoms with Gasteiger partial charge in [-0.15, -0.1) is 13.2 Å². The Bertz CT molecular complexity index is 593. The minimum atomic E-state index is -4.80. The average Bonchev–Trinajstić information content (AvgIpc) is 2.26. The highest BCUT2D eigenvalue weighted by Gasteiger charge is 2.31. The summed E-state index contributed by atoms with van der Waals surface area (Å²) in [6.45, 7) is 0. The van der Waals surface area contributed by atoms with Crippen molar-refractivity contribution in [3.63, 3.8) is 0 Å². The fraction of sp³-hybridized carbons (Fsp3) is 0.0769. The zero-order chi connectivity index (χ0) is 14.0. The smallest absolute Gasteiger partial charge is 0.508 e. The third kappa shape index (κ3) is 3.37. The molecule has 1 N–H and O–H groups in total. The Morgan fingerprint density at radius 1 is 1.00 bits per heavy atom. The van der Waals surface area contributed by atoms with E-state index in [1.807, 2.05) is 0 Å². The van der Waals surface area contributed by atoms with Crippen molar-refractivity contribution in [3.05, 3.63) is 48.3 Å².